The van der Waals surface area contributed by atoms with Crippen LogP contribution in [0.5, 0.6) is 0 Å². The van der Waals surface area contributed by atoms with Crippen molar-refractivity contribution in [2.45, 2.75) is 39.4 Å². The molecule has 1 N–H and O–H groups in total. The topological polar surface area (TPSA) is 44.5 Å². The Morgan fingerprint density at radius 1 is 1.17 bits per heavy atom. The largest absolute Gasteiger partial charge is 0.396 e. The molecule has 0 radical (unpaired) electrons. The van der Waals surface area contributed by atoms with E-state index in [4.69, 9.17) is 0 Å². The fraction of sp³-hybridized carbons (Fsp3) is 0.435. The van der Waals surface area contributed by atoms with Gasteiger partial charge in [0.2, 0.25) is 0 Å². The lowest BCUT2D eigenvalue weighted by Crippen LogP contribution is -2.52. The van der Waals surface area contributed by atoms with Crippen LogP contribution in [-0.2, 0) is 13.1 Å². The molecule has 4 rings (SSSR count). The summed E-state index contributed by atoms with van der Waals surface area (Å²) in [6, 6.07) is 11.5. The summed E-state index contributed by atoms with van der Waals surface area (Å²) in [4.78, 5) is 6.18. The van der Waals surface area contributed by atoms with Gasteiger partial charge >= 0.3 is 0 Å². The molecule has 1 saturated heterocycles. The first-order chi connectivity index (χ1) is 14.5. The number of thiophene rings is 1. The van der Waals surface area contributed by atoms with Crippen molar-refractivity contribution < 1.29 is 9.50 Å². The van der Waals surface area contributed by atoms with Crippen molar-refractivity contribution in [1.82, 2.24) is 19.6 Å². The van der Waals surface area contributed by atoms with Gasteiger partial charge in [-0.1, -0.05) is 6.07 Å². The standard InChI is InChI=1S/C23H29FN4OS/c1-17-12-18(2)28(25-17)23-6-5-20(24)13-19(23)14-26-8-9-27(21(15-26)7-10-29)16-22-4-3-11-30-22/h3-6,11-13,21,29H,7-10,14-16H2,1-2H3/t21-/m1/s1. The maximum Gasteiger partial charge on any atom is 0.123 e. The summed E-state index contributed by atoms with van der Waals surface area (Å²) < 4.78 is 16.0. The van der Waals surface area contributed by atoms with E-state index < -0.39 is 0 Å². The number of aryl methyl sites for hydroxylation is 2. The van der Waals surface area contributed by atoms with E-state index in [-0.39, 0.29) is 18.5 Å². The van der Waals surface area contributed by atoms with Gasteiger partial charge in [-0.05, 0) is 61.5 Å². The Kier molecular flexibility index (Phi) is 6.63. The molecule has 3 heterocycles. The first-order valence-corrected chi connectivity index (χ1v) is 11.3. The predicted octanol–water partition coefficient (Wildman–Crippen LogP) is 3.76. The van der Waals surface area contributed by atoms with Crippen molar-refractivity contribution in [3.05, 3.63) is 69.4 Å². The first kappa shape index (κ1) is 21.2. The normalized spacial score (nSPS) is 18.2. The second-order valence-electron chi connectivity index (χ2n) is 8.06. The monoisotopic (exact) mass is 428 g/mol. The molecule has 0 unspecified atom stereocenters. The summed E-state index contributed by atoms with van der Waals surface area (Å²) in [6.07, 6.45) is 0.745. The maximum absolute atomic E-state index is 14.1. The highest BCUT2D eigenvalue weighted by Gasteiger charge is 2.27. The number of benzene rings is 1. The lowest BCUT2D eigenvalue weighted by Gasteiger charge is -2.41. The molecule has 0 amide bonds. The van der Waals surface area contributed by atoms with E-state index in [1.165, 1.54) is 10.9 Å². The number of aliphatic hydroxyl groups is 1. The molecule has 1 atom stereocenters. The van der Waals surface area contributed by atoms with Gasteiger partial charge in [0.1, 0.15) is 5.82 Å². The SMILES string of the molecule is Cc1cc(C)n(-c2ccc(F)cc2CN2CCN(Cc3cccs3)[C@H](CCO)C2)n1. The van der Waals surface area contributed by atoms with Gasteiger partial charge in [0.05, 0.1) is 11.4 Å². The minimum atomic E-state index is -0.224. The van der Waals surface area contributed by atoms with Crippen molar-refractivity contribution in [1.29, 1.82) is 0 Å². The van der Waals surface area contributed by atoms with E-state index >= 15 is 0 Å². The summed E-state index contributed by atoms with van der Waals surface area (Å²) in [5, 5.41) is 16.3. The number of halogens is 1. The molecule has 1 fully saturated rings. The molecule has 2 aromatic heterocycles. The Balaban J connectivity index is 1.52. The molecule has 5 nitrogen and oxygen atoms in total. The third-order valence-corrected chi connectivity index (χ3v) is 6.62. The molecule has 160 valence electrons. The molecule has 1 aliphatic heterocycles. The fourth-order valence-corrected chi connectivity index (χ4v) is 5.07. The molecule has 7 heteroatoms. The van der Waals surface area contributed by atoms with Crippen molar-refractivity contribution in [2.75, 3.05) is 26.2 Å². The van der Waals surface area contributed by atoms with Gasteiger partial charge in [0.15, 0.2) is 0 Å². The highest BCUT2D eigenvalue weighted by atomic mass is 32.1. The number of hydrogen-bond donors (Lipinski definition) is 1. The van der Waals surface area contributed by atoms with Crippen LogP contribution in [0.25, 0.3) is 5.69 Å². The van der Waals surface area contributed by atoms with Crippen LogP contribution in [-0.4, -0.2) is 57.0 Å². The van der Waals surface area contributed by atoms with Crippen molar-refractivity contribution in [3.63, 3.8) is 0 Å². The fourth-order valence-electron chi connectivity index (χ4n) is 4.34. The number of rotatable bonds is 7. The Bertz CT molecular complexity index is 972. The molecule has 0 spiro atoms. The third-order valence-electron chi connectivity index (χ3n) is 5.76. The van der Waals surface area contributed by atoms with Crippen molar-refractivity contribution in [3.8, 4) is 5.69 Å². The number of hydrogen-bond acceptors (Lipinski definition) is 5. The van der Waals surface area contributed by atoms with Gasteiger partial charge < -0.3 is 5.11 Å². The first-order valence-electron chi connectivity index (χ1n) is 10.4. The molecule has 0 saturated carbocycles. The summed E-state index contributed by atoms with van der Waals surface area (Å²) in [7, 11) is 0. The molecule has 1 aromatic carbocycles. The second-order valence-corrected chi connectivity index (χ2v) is 9.10. The van der Waals surface area contributed by atoms with E-state index in [9.17, 15) is 9.50 Å². The molecular formula is C23H29FN4OS. The quantitative estimate of drug-likeness (QED) is 0.622. The van der Waals surface area contributed by atoms with Crippen molar-refractivity contribution >= 4 is 11.3 Å². The molecule has 0 aliphatic carbocycles. The van der Waals surface area contributed by atoms with Crippen LogP contribution >= 0.6 is 11.3 Å². The second kappa shape index (κ2) is 9.39. The van der Waals surface area contributed by atoms with Gasteiger partial charge in [-0.2, -0.15) is 5.10 Å². The highest BCUT2D eigenvalue weighted by molar-refractivity contribution is 7.09. The zero-order valence-electron chi connectivity index (χ0n) is 17.6. The van der Waals surface area contributed by atoms with Gasteiger partial charge in [-0.3, -0.25) is 9.80 Å². The van der Waals surface area contributed by atoms with E-state index in [2.05, 4.69) is 32.4 Å². The lowest BCUT2D eigenvalue weighted by atomic mass is 10.1. The highest BCUT2D eigenvalue weighted by Crippen LogP contribution is 2.24. The number of piperazine rings is 1. The maximum atomic E-state index is 14.1. The third kappa shape index (κ3) is 4.81. The summed E-state index contributed by atoms with van der Waals surface area (Å²) in [5.41, 5.74) is 3.87. The summed E-state index contributed by atoms with van der Waals surface area (Å²) in [6.45, 7) is 8.48. The van der Waals surface area contributed by atoms with Crippen molar-refractivity contribution in [2.24, 2.45) is 0 Å². The van der Waals surface area contributed by atoms with Crippen LogP contribution in [0.3, 0.4) is 0 Å². The van der Waals surface area contributed by atoms with E-state index in [1.807, 2.05) is 30.7 Å². The van der Waals surface area contributed by atoms with Crippen LogP contribution in [0.15, 0.2) is 41.8 Å². The van der Waals surface area contributed by atoms with Crippen LogP contribution in [0.2, 0.25) is 0 Å². The number of aliphatic hydroxyl groups excluding tert-OH is 1. The lowest BCUT2D eigenvalue weighted by molar-refractivity contribution is 0.0506. The zero-order chi connectivity index (χ0) is 21.1. The minimum absolute atomic E-state index is 0.177. The van der Waals surface area contributed by atoms with Crippen LogP contribution in [0, 0.1) is 19.7 Å². The molecule has 0 bridgehead atoms. The van der Waals surface area contributed by atoms with Gasteiger partial charge in [-0.15, -0.1) is 11.3 Å². The van der Waals surface area contributed by atoms with Gasteiger partial charge in [0, 0.05) is 55.9 Å². The molecular weight excluding hydrogens is 399 g/mol. The average Bonchev–Trinajstić information content (AvgIpc) is 3.33. The Labute approximate surface area is 181 Å². The average molecular weight is 429 g/mol. The minimum Gasteiger partial charge on any atom is -0.396 e. The van der Waals surface area contributed by atoms with Crippen LogP contribution in [0.1, 0.15) is 28.2 Å². The van der Waals surface area contributed by atoms with Gasteiger partial charge in [-0.25, -0.2) is 9.07 Å². The van der Waals surface area contributed by atoms with E-state index in [1.54, 1.807) is 17.4 Å². The molecule has 30 heavy (non-hydrogen) atoms. The van der Waals surface area contributed by atoms with Crippen LogP contribution in [0.4, 0.5) is 4.39 Å². The van der Waals surface area contributed by atoms with E-state index in [0.29, 0.717) is 6.54 Å². The Morgan fingerprint density at radius 3 is 2.73 bits per heavy atom. The number of aromatic nitrogens is 2. The zero-order valence-corrected chi connectivity index (χ0v) is 18.4. The van der Waals surface area contributed by atoms with Gasteiger partial charge in [0.25, 0.3) is 0 Å². The summed E-state index contributed by atoms with van der Waals surface area (Å²) >= 11 is 1.78. The van der Waals surface area contributed by atoms with Crippen LogP contribution < -0.4 is 0 Å². The smallest absolute Gasteiger partial charge is 0.123 e. The number of nitrogens with zero attached hydrogens (tertiary/aromatic N) is 4. The summed E-state index contributed by atoms with van der Waals surface area (Å²) in [5.74, 6) is -0.224. The Morgan fingerprint density at radius 2 is 2.03 bits per heavy atom. The molecule has 3 aromatic rings. The molecule has 1 aliphatic rings. The Hall–Kier alpha value is -2.06. The predicted molar refractivity (Wildman–Crippen MR) is 118 cm³/mol. The van der Waals surface area contributed by atoms with E-state index in [0.717, 1.165) is 55.2 Å².